The standard InChI is InChI=1S/C27H21F4N5O3/c1-13-16(7-14-3-4-15(11-32)22(8-14)39-2)12-34-24(27(29,30)31)23(13)36-26(38)19-10-21(25(33)37)35-20-9-17(28)5-6-18(19)20/h3-6,8-10,16H,7,12H2,1-2H3,(H2,33,37)(H,36,38). The Hall–Kier alpha value is -4.79. The second kappa shape index (κ2) is 10.5. The largest absolute Gasteiger partial charge is 0.495 e. The lowest BCUT2D eigenvalue weighted by Crippen LogP contribution is -2.40. The number of rotatable bonds is 6. The highest BCUT2D eigenvalue weighted by Crippen LogP contribution is 2.32. The van der Waals surface area contributed by atoms with Gasteiger partial charge in [-0.3, -0.25) is 14.6 Å². The van der Waals surface area contributed by atoms with Crippen molar-refractivity contribution in [1.29, 1.82) is 5.26 Å². The first-order chi connectivity index (χ1) is 18.4. The Morgan fingerprint density at radius 1 is 1.21 bits per heavy atom. The topological polar surface area (TPSA) is 130 Å². The van der Waals surface area contributed by atoms with Gasteiger partial charge < -0.3 is 15.8 Å². The molecule has 2 amide bonds. The molecule has 0 spiro atoms. The van der Waals surface area contributed by atoms with E-state index in [2.05, 4.69) is 15.3 Å². The second-order valence-electron chi connectivity index (χ2n) is 8.83. The zero-order valence-corrected chi connectivity index (χ0v) is 20.7. The number of benzene rings is 2. The van der Waals surface area contributed by atoms with Crippen molar-refractivity contribution in [2.24, 2.45) is 16.6 Å². The SMILES string of the molecule is COc1cc(CC2CN=C(C(F)(F)F)C(NC(=O)c3cc(C(N)=O)nc4cc(F)ccc34)=C2C)ccc1C#N. The molecule has 2 aromatic carbocycles. The Bertz CT molecular complexity index is 1610. The maximum absolute atomic E-state index is 13.9. The number of primary amides is 1. The summed E-state index contributed by atoms with van der Waals surface area (Å²) in [5, 5.41) is 11.6. The van der Waals surface area contributed by atoms with Gasteiger partial charge in [0.2, 0.25) is 0 Å². The third-order valence-corrected chi connectivity index (χ3v) is 6.36. The molecule has 0 aliphatic carbocycles. The number of aliphatic imine (C=N–C) groups is 1. The number of hydrogen-bond acceptors (Lipinski definition) is 6. The molecular formula is C27H21F4N5O3. The molecule has 1 aliphatic rings. The van der Waals surface area contributed by atoms with Gasteiger partial charge in [-0.1, -0.05) is 6.07 Å². The number of aromatic nitrogens is 1. The smallest absolute Gasteiger partial charge is 0.434 e. The lowest BCUT2D eigenvalue weighted by atomic mass is 9.87. The number of nitriles is 1. The summed E-state index contributed by atoms with van der Waals surface area (Å²) in [6.45, 7) is 1.28. The number of fused-ring (bicyclic) bond motifs is 1. The van der Waals surface area contributed by atoms with Gasteiger partial charge in [0, 0.05) is 23.9 Å². The number of hydrogen-bond donors (Lipinski definition) is 2. The average molecular weight is 539 g/mol. The van der Waals surface area contributed by atoms with Crippen LogP contribution in [0.15, 0.2) is 58.7 Å². The van der Waals surface area contributed by atoms with Gasteiger partial charge in [0.1, 0.15) is 23.3 Å². The lowest BCUT2D eigenvalue weighted by molar-refractivity contribution is -0.0589. The van der Waals surface area contributed by atoms with Crippen molar-refractivity contribution in [2.75, 3.05) is 13.7 Å². The number of dihydropyridines is 1. The fourth-order valence-corrected chi connectivity index (χ4v) is 4.35. The van der Waals surface area contributed by atoms with Gasteiger partial charge >= 0.3 is 6.18 Å². The predicted molar refractivity (Wildman–Crippen MR) is 134 cm³/mol. The van der Waals surface area contributed by atoms with Crippen LogP contribution in [0.2, 0.25) is 0 Å². The van der Waals surface area contributed by atoms with Crippen molar-refractivity contribution in [3.63, 3.8) is 0 Å². The highest BCUT2D eigenvalue weighted by atomic mass is 19.4. The number of ether oxygens (including phenoxy) is 1. The second-order valence-corrected chi connectivity index (χ2v) is 8.83. The van der Waals surface area contributed by atoms with E-state index in [0.717, 1.165) is 18.2 Å². The van der Waals surface area contributed by atoms with Crippen LogP contribution in [-0.4, -0.2) is 42.3 Å². The highest BCUT2D eigenvalue weighted by molar-refractivity contribution is 6.13. The van der Waals surface area contributed by atoms with E-state index in [1.54, 1.807) is 18.2 Å². The minimum atomic E-state index is -4.87. The van der Waals surface area contributed by atoms with Gasteiger partial charge in [-0.15, -0.1) is 0 Å². The molecule has 0 saturated carbocycles. The lowest BCUT2D eigenvalue weighted by Gasteiger charge is -2.28. The van der Waals surface area contributed by atoms with E-state index in [-0.39, 0.29) is 40.7 Å². The predicted octanol–water partition coefficient (Wildman–Crippen LogP) is 4.23. The molecule has 1 aliphatic heterocycles. The number of pyridine rings is 1. The maximum Gasteiger partial charge on any atom is 0.434 e. The van der Waals surface area contributed by atoms with Crippen LogP contribution in [0.25, 0.3) is 10.9 Å². The molecule has 3 N–H and O–H groups in total. The van der Waals surface area contributed by atoms with E-state index in [1.165, 1.54) is 20.1 Å². The van der Waals surface area contributed by atoms with E-state index >= 15 is 0 Å². The van der Waals surface area contributed by atoms with Crippen molar-refractivity contribution >= 4 is 28.4 Å². The highest BCUT2D eigenvalue weighted by Gasteiger charge is 2.42. The van der Waals surface area contributed by atoms with Crippen LogP contribution in [-0.2, 0) is 6.42 Å². The molecule has 200 valence electrons. The number of amides is 2. The van der Waals surface area contributed by atoms with Crippen LogP contribution in [0.3, 0.4) is 0 Å². The summed E-state index contributed by atoms with van der Waals surface area (Å²) in [7, 11) is 1.40. The summed E-state index contributed by atoms with van der Waals surface area (Å²) >= 11 is 0. The zero-order chi connectivity index (χ0) is 28.5. The van der Waals surface area contributed by atoms with Crippen molar-refractivity contribution in [2.45, 2.75) is 19.5 Å². The van der Waals surface area contributed by atoms with Crippen LogP contribution in [0, 0.1) is 23.1 Å². The number of methoxy groups -OCH3 is 1. The number of nitrogens with zero attached hydrogens (tertiary/aromatic N) is 3. The number of allylic oxidation sites excluding steroid dienone is 1. The molecule has 0 bridgehead atoms. The summed E-state index contributed by atoms with van der Waals surface area (Å²) in [5.74, 6) is -2.87. The van der Waals surface area contributed by atoms with E-state index in [9.17, 15) is 32.4 Å². The van der Waals surface area contributed by atoms with Crippen molar-refractivity contribution < 1.29 is 31.9 Å². The van der Waals surface area contributed by atoms with Crippen molar-refractivity contribution in [1.82, 2.24) is 10.3 Å². The Morgan fingerprint density at radius 2 is 1.95 bits per heavy atom. The number of nitrogens with one attached hydrogen (secondary N) is 1. The third kappa shape index (κ3) is 5.57. The molecular weight excluding hydrogens is 518 g/mol. The van der Waals surface area contributed by atoms with Crippen LogP contribution < -0.4 is 15.8 Å². The maximum atomic E-state index is 13.9. The molecule has 12 heteroatoms. The number of carbonyl (C=O) groups is 2. The quantitative estimate of drug-likeness (QED) is 0.453. The van der Waals surface area contributed by atoms with Gasteiger partial charge in [-0.05, 0) is 54.8 Å². The molecule has 3 aromatic rings. The van der Waals surface area contributed by atoms with E-state index in [4.69, 9.17) is 10.5 Å². The van der Waals surface area contributed by atoms with Crippen LogP contribution in [0.4, 0.5) is 17.6 Å². The van der Waals surface area contributed by atoms with Crippen LogP contribution >= 0.6 is 0 Å². The summed E-state index contributed by atoms with van der Waals surface area (Å²) in [5.41, 5.74) is 4.13. The minimum Gasteiger partial charge on any atom is -0.495 e. The van der Waals surface area contributed by atoms with Gasteiger partial charge in [0.05, 0.1) is 29.5 Å². The number of alkyl halides is 3. The normalized spacial score (nSPS) is 15.5. The van der Waals surface area contributed by atoms with Crippen LogP contribution in [0.1, 0.15) is 38.9 Å². The number of nitrogens with two attached hydrogens (primary N) is 1. The summed E-state index contributed by atoms with van der Waals surface area (Å²) in [4.78, 5) is 32.8. The average Bonchev–Trinajstić information content (AvgIpc) is 2.89. The van der Waals surface area contributed by atoms with Gasteiger partial charge in [-0.25, -0.2) is 9.37 Å². The van der Waals surface area contributed by atoms with Crippen molar-refractivity contribution in [3.8, 4) is 11.8 Å². The molecule has 4 rings (SSSR count). The minimum absolute atomic E-state index is 0.0665. The van der Waals surface area contributed by atoms with Crippen molar-refractivity contribution in [3.05, 3.63) is 81.9 Å². The van der Waals surface area contributed by atoms with Gasteiger partial charge in [0.25, 0.3) is 11.8 Å². The van der Waals surface area contributed by atoms with Crippen LogP contribution in [0.5, 0.6) is 5.75 Å². The molecule has 1 aromatic heterocycles. The fraction of sp³-hybridized carbons (Fsp3) is 0.222. The summed E-state index contributed by atoms with van der Waals surface area (Å²) in [6.07, 6.45) is -4.61. The monoisotopic (exact) mass is 539 g/mol. The molecule has 0 saturated heterocycles. The summed E-state index contributed by atoms with van der Waals surface area (Å²) < 4.78 is 60.8. The molecule has 0 fully saturated rings. The van der Waals surface area contributed by atoms with E-state index in [0.29, 0.717) is 16.9 Å². The van der Waals surface area contributed by atoms with E-state index in [1.807, 2.05) is 6.07 Å². The first kappa shape index (κ1) is 27.3. The Kier molecular flexibility index (Phi) is 7.36. The first-order valence-corrected chi connectivity index (χ1v) is 11.5. The molecule has 2 heterocycles. The zero-order valence-electron chi connectivity index (χ0n) is 20.7. The molecule has 39 heavy (non-hydrogen) atoms. The number of carbonyl (C=O) groups excluding carboxylic acids is 2. The molecule has 1 atom stereocenters. The Balaban J connectivity index is 1.74. The third-order valence-electron chi connectivity index (χ3n) is 6.36. The fourth-order valence-electron chi connectivity index (χ4n) is 4.35. The Labute approximate surface area is 219 Å². The summed E-state index contributed by atoms with van der Waals surface area (Å²) in [6, 6.07) is 11.2. The first-order valence-electron chi connectivity index (χ1n) is 11.5. The Morgan fingerprint density at radius 3 is 2.59 bits per heavy atom. The van der Waals surface area contributed by atoms with Gasteiger partial charge in [0.15, 0.2) is 5.71 Å². The van der Waals surface area contributed by atoms with E-state index < -0.39 is 41.1 Å². The molecule has 0 radical (unpaired) electrons. The van der Waals surface area contributed by atoms with Gasteiger partial charge in [-0.2, -0.15) is 18.4 Å². The number of halogens is 4. The molecule has 8 nitrogen and oxygen atoms in total. The molecule has 1 unspecified atom stereocenters.